The van der Waals surface area contributed by atoms with E-state index < -0.39 is 17.5 Å². The maximum absolute atomic E-state index is 13.0. The van der Waals surface area contributed by atoms with Gasteiger partial charge in [-0.15, -0.1) is 11.3 Å². The molecule has 1 fully saturated rings. The number of Topliss-reactive ketones (excluding diaryl/α,β-unsaturated/α-hetero) is 1. The van der Waals surface area contributed by atoms with Crippen LogP contribution < -0.4 is 5.32 Å². The molecule has 2 aromatic carbocycles. The molecule has 0 saturated carbocycles. The van der Waals surface area contributed by atoms with Crippen molar-refractivity contribution >= 4 is 51.4 Å². The number of carbonyl (C=O) groups excluding carboxylic acids is 3. The molecule has 5 nitrogen and oxygen atoms in total. The van der Waals surface area contributed by atoms with E-state index in [-0.39, 0.29) is 12.3 Å². The van der Waals surface area contributed by atoms with Gasteiger partial charge in [0.1, 0.15) is 5.54 Å². The third kappa shape index (κ3) is 3.01. The number of carbonyl (C=O) groups is 3. The molecule has 3 amide bonds. The number of nitrogens with one attached hydrogen (secondary N) is 1. The van der Waals surface area contributed by atoms with Gasteiger partial charge in [-0.2, -0.15) is 0 Å². The van der Waals surface area contributed by atoms with Crippen molar-refractivity contribution in [2.75, 3.05) is 6.54 Å². The van der Waals surface area contributed by atoms with E-state index in [0.717, 1.165) is 27.0 Å². The zero-order valence-electron chi connectivity index (χ0n) is 14.4. The fourth-order valence-corrected chi connectivity index (χ4v) is 4.20. The van der Waals surface area contributed by atoms with Gasteiger partial charge in [0.25, 0.3) is 5.91 Å². The SMILES string of the molecule is CC1(c2ccc3ccccc3c2)NC(=O)N(CC(=O)c2ccc(Cl)s2)C1=O. The van der Waals surface area contributed by atoms with Gasteiger partial charge in [-0.05, 0) is 41.5 Å². The van der Waals surface area contributed by atoms with Gasteiger partial charge >= 0.3 is 6.03 Å². The van der Waals surface area contributed by atoms with Gasteiger partial charge in [-0.1, -0.05) is 48.0 Å². The Morgan fingerprint density at radius 3 is 2.56 bits per heavy atom. The minimum Gasteiger partial charge on any atom is -0.319 e. The molecule has 1 aromatic heterocycles. The van der Waals surface area contributed by atoms with E-state index in [1.807, 2.05) is 42.5 Å². The molecule has 1 aliphatic heterocycles. The van der Waals surface area contributed by atoms with Crippen LogP contribution in [-0.2, 0) is 10.3 Å². The maximum Gasteiger partial charge on any atom is 0.325 e. The standard InChI is InChI=1S/C20H15ClN2O3S/c1-20(14-7-6-12-4-2-3-5-13(12)10-14)18(25)23(19(26)22-20)11-15(24)16-8-9-17(21)27-16/h2-10H,11H2,1H3,(H,22,26). The van der Waals surface area contributed by atoms with Crippen molar-refractivity contribution in [2.45, 2.75) is 12.5 Å². The number of nitrogens with zero attached hydrogens (tertiary/aromatic N) is 1. The normalized spacial score (nSPS) is 19.6. The topological polar surface area (TPSA) is 66.5 Å². The zero-order valence-corrected chi connectivity index (χ0v) is 15.9. The largest absolute Gasteiger partial charge is 0.325 e. The van der Waals surface area contributed by atoms with Crippen LogP contribution in [0, 0.1) is 0 Å². The number of fused-ring (bicyclic) bond motifs is 1. The minimum absolute atomic E-state index is 0.315. The van der Waals surface area contributed by atoms with Crippen molar-refractivity contribution in [2.24, 2.45) is 0 Å². The molecule has 136 valence electrons. The highest BCUT2D eigenvalue weighted by Gasteiger charge is 2.49. The Labute approximate surface area is 164 Å². The molecular weight excluding hydrogens is 384 g/mol. The molecule has 27 heavy (non-hydrogen) atoms. The lowest BCUT2D eigenvalue weighted by atomic mass is 9.90. The van der Waals surface area contributed by atoms with Crippen molar-refractivity contribution in [1.82, 2.24) is 10.2 Å². The molecule has 1 saturated heterocycles. The van der Waals surface area contributed by atoms with E-state index >= 15 is 0 Å². The van der Waals surface area contributed by atoms with Gasteiger partial charge < -0.3 is 5.32 Å². The predicted molar refractivity (Wildman–Crippen MR) is 105 cm³/mol. The molecule has 7 heteroatoms. The Morgan fingerprint density at radius 1 is 1.11 bits per heavy atom. The molecule has 1 aliphatic rings. The third-order valence-electron chi connectivity index (χ3n) is 4.75. The third-order valence-corrected chi connectivity index (χ3v) is 6.02. The molecule has 0 radical (unpaired) electrons. The highest BCUT2D eigenvalue weighted by atomic mass is 35.5. The summed E-state index contributed by atoms with van der Waals surface area (Å²) in [4.78, 5) is 39.2. The van der Waals surface area contributed by atoms with Crippen molar-refractivity contribution < 1.29 is 14.4 Å². The Hall–Kier alpha value is -2.70. The summed E-state index contributed by atoms with van der Waals surface area (Å²) >= 11 is 6.98. The number of rotatable bonds is 4. The van der Waals surface area contributed by atoms with Crippen molar-refractivity contribution in [3.05, 3.63) is 69.4 Å². The molecule has 1 atom stereocenters. The summed E-state index contributed by atoms with van der Waals surface area (Å²) < 4.78 is 0.483. The average Bonchev–Trinajstić information content (AvgIpc) is 3.19. The Kier molecular flexibility index (Phi) is 4.25. The quantitative estimate of drug-likeness (QED) is 0.529. The fourth-order valence-electron chi connectivity index (χ4n) is 3.22. The molecule has 0 spiro atoms. The smallest absolute Gasteiger partial charge is 0.319 e. The van der Waals surface area contributed by atoms with E-state index in [2.05, 4.69) is 5.32 Å². The highest BCUT2D eigenvalue weighted by Crippen LogP contribution is 2.31. The molecule has 0 aliphatic carbocycles. The number of urea groups is 1. The second-order valence-corrected chi connectivity index (χ2v) is 8.25. The summed E-state index contributed by atoms with van der Waals surface area (Å²) in [5, 5.41) is 4.75. The first-order valence-corrected chi connectivity index (χ1v) is 9.50. The number of hydrogen-bond acceptors (Lipinski definition) is 4. The number of halogens is 1. The van der Waals surface area contributed by atoms with Gasteiger partial charge in [-0.25, -0.2) is 4.79 Å². The number of thiophene rings is 1. The number of hydrogen-bond donors (Lipinski definition) is 1. The Morgan fingerprint density at radius 2 is 1.85 bits per heavy atom. The molecule has 4 rings (SSSR count). The van der Waals surface area contributed by atoms with E-state index in [1.54, 1.807) is 19.1 Å². The van der Waals surface area contributed by atoms with Crippen LogP contribution in [0.3, 0.4) is 0 Å². The second kappa shape index (κ2) is 6.48. The maximum atomic E-state index is 13.0. The van der Waals surface area contributed by atoms with Crippen LogP contribution in [0.15, 0.2) is 54.6 Å². The minimum atomic E-state index is -1.21. The number of imide groups is 1. The van der Waals surface area contributed by atoms with Gasteiger partial charge in [0.15, 0.2) is 5.78 Å². The van der Waals surface area contributed by atoms with Crippen molar-refractivity contribution in [1.29, 1.82) is 0 Å². The number of benzene rings is 2. The first kappa shape index (κ1) is 17.7. The van der Waals surface area contributed by atoms with Gasteiger partial charge in [0, 0.05) is 0 Å². The predicted octanol–water partition coefficient (Wildman–Crippen LogP) is 4.20. The summed E-state index contributed by atoms with van der Waals surface area (Å²) in [6.45, 7) is 1.34. The van der Waals surface area contributed by atoms with Crippen LogP contribution in [0.25, 0.3) is 10.8 Å². The lowest BCUT2D eigenvalue weighted by Crippen LogP contribution is -2.41. The average molecular weight is 399 g/mol. The number of amides is 3. The summed E-state index contributed by atoms with van der Waals surface area (Å²) in [5.74, 6) is -0.767. The van der Waals surface area contributed by atoms with Crippen LogP contribution in [0.2, 0.25) is 4.34 Å². The van der Waals surface area contributed by atoms with Crippen LogP contribution in [0.1, 0.15) is 22.2 Å². The highest BCUT2D eigenvalue weighted by molar-refractivity contribution is 7.18. The van der Waals surface area contributed by atoms with E-state index in [4.69, 9.17) is 11.6 Å². The monoisotopic (exact) mass is 398 g/mol. The zero-order chi connectivity index (χ0) is 19.2. The molecule has 0 bridgehead atoms. The fraction of sp³-hybridized carbons (Fsp3) is 0.150. The molecule has 3 aromatic rings. The number of ketones is 1. The van der Waals surface area contributed by atoms with Crippen LogP contribution in [0.4, 0.5) is 4.79 Å². The Balaban J connectivity index is 1.63. The van der Waals surface area contributed by atoms with Crippen LogP contribution in [-0.4, -0.2) is 29.2 Å². The van der Waals surface area contributed by atoms with Gasteiger partial charge in [0.05, 0.1) is 15.8 Å². The first-order valence-electron chi connectivity index (χ1n) is 8.30. The summed E-state index contributed by atoms with van der Waals surface area (Å²) in [7, 11) is 0. The van der Waals surface area contributed by atoms with E-state index in [0.29, 0.717) is 14.8 Å². The lowest BCUT2D eigenvalue weighted by molar-refractivity contribution is -0.130. The van der Waals surface area contributed by atoms with Crippen molar-refractivity contribution in [3.63, 3.8) is 0 Å². The summed E-state index contributed by atoms with van der Waals surface area (Å²) in [6, 6.07) is 16.0. The summed E-state index contributed by atoms with van der Waals surface area (Å²) in [5.41, 5.74) is -0.539. The first-order chi connectivity index (χ1) is 12.9. The van der Waals surface area contributed by atoms with E-state index in [1.165, 1.54) is 0 Å². The van der Waals surface area contributed by atoms with Crippen LogP contribution >= 0.6 is 22.9 Å². The molecular formula is C20H15ClN2O3S. The summed E-state index contributed by atoms with van der Waals surface area (Å²) in [6.07, 6.45) is 0. The molecule has 1 N–H and O–H groups in total. The van der Waals surface area contributed by atoms with Gasteiger partial charge in [-0.3, -0.25) is 14.5 Å². The van der Waals surface area contributed by atoms with E-state index in [9.17, 15) is 14.4 Å². The second-order valence-electron chi connectivity index (χ2n) is 6.54. The van der Waals surface area contributed by atoms with Gasteiger partial charge in [0.2, 0.25) is 0 Å². The molecule has 1 unspecified atom stereocenters. The molecule has 2 heterocycles. The van der Waals surface area contributed by atoms with Crippen molar-refractivity contribution in [3.8, 4) is 0 Å². The van der Waals surface area contributed by atoms with Crippen LogP contribution in [0.5, 0.6) is 0 Å². The lowest BCUT2D eigenvalue weighted by Gasteiger charge is -2.22. The Bertz CT molecular complexity index is 1090.